The minimum absolute atomic E-state index is 0.177. The molecule has 0 aromatic heterocycles. The van der Waals surface area contributed by atoms with Crippen molar-refractivity contribution in [1.82, 2.24) is 0 Å². The van der Waals surface area contributed by atoms with Gasteiger partial charge in [0.15, 0.2) is 5.76 Å². The van der Waals surface area contributed by atoms with Crippen molar-refractivity contribution >= 4 is 33.8 Å². The Hall–Kier alpha value is -3.38. The first kappa shape index (κ1) is 20.9. The highest BCUT2D eigenvalue weighted by atomic mass is 79.9. The Kier molecular flexibility index (Phi) is 5.65. The minimum atomic E-state index is -0.467. The molecule has 4 rings (SSSR count). The van der Waals surface area contributed by atoms with Crippen molar-refractivity contribution < 1.29 is 23.8 Å². The zero-order valence-corrected chi connectivity index (χ0v) is 18.8. The molecule has 6 heteroatoms. The van der Waals surface area contributed by atoms with E-state index in [9.17, 15) is 9.59 Å². The molecule has 0 amide bonds. The molecule has 0 saturated carbocycles. The standard InChI is InChI=1S/C25H19BrO5/c1-14-5-4-6-16(11-14)25(28)31-20-10-8-19-23(27)22(30-24(19)15(20)2)13-17-12-18(26)7-9-21(17)29-3/h4-13H,1-3H3/b22-13-. The Morgan fingerprint density at radius 2 is 1.81 bits per heavy atom. The number of esters is 1. The fourth-order valence-electron chi connectivity index (χ4n) is 3.37. The number of benzene rings is 3. The number of rotatable bonds is 4. The summed E-state index contributed by atoms with van der Waals surface area (Å²) in [7, 11) is 1.57. The predicted octanol–water partition coefficient (Wildman–Crippen LogP) is 5.91. The molecule has 0 atom stereocenters. The second-order valence-corrected chi connectivity index (χ2v) is 8.07. The second kappa shape index (κ2) is 8.40. The summed E-state index contributed by atoms with van der Waals surface area (Å²) in [5, 5.41) is 0. The van der Waals surface area contributed by atoms with Crippen LogP contribution in [0.1, 0.15) is 37.4 Å². The van der Waals surface area contributed by atoms with Gasteiger partial charge in [0.2, 0.25) is 5.78 Å². The van der Waals surface area contributed by atoms with E-state index in [0.717, 1.165) is 10.0 Å². The van der Waals surface area contributed by atoms with E-state index in [-0.39, 0.29) is 11.5 Å². The largest absolute Gasteiger partial charge is 0.496 e. The van der Waals surface area contributed by atoms with E-state index in [1.807, 2.05) is 25.1 Å². The maximum atomic E-state index is 12.9. The zero-order valence-electron chi connectivity index (χ0n) is 17.2. The molecule has 0 radical (unpaired) electrons. The molecule has 0 spiro atoms. The van der Waals surface area contributed by atoms with E-state index in [0.29, 0.717) is 39.5 Å². The highest BCUT2D eigenvalue weighted by molar-refractivity contribution is 9.10. The summed E-state index contributed by atoms with van der Waals surface area (Å²) < 4.78 is 17.7. The Balaban J connectivity index is 1.64. The van der Waals surface area contributed by atoms with Crippen LogP contribution >= 0.6 is 15.9 Å². The minimum Gasteiger partial charge on any atom is -0.496 e. The van der Waals surface area contributed by atoms with Crippen LogP contribution in [-0.2, 0) is 0 Å². The fraction of sp³-hybridized carbons (Fsp3) is 0.120. The van der Waals surface area contributed by atoms with Crippen LogP contribution in [0.3, 0.4) is 0 Å². The van der Waals surface area contributed by atoms with E-state index >= 15 is 0 Å². The van der Waals surface area contributed by atoms with E-state index in [4.69, 9.17) is 14.2 Å². The lowest BCUT2D eigenvalue weighted by molar-refractivity contribution is 0.0733. The molecule has 0 aliphatic carbocycles. The number of fused-ring (bicyclic) bond motifs is 1. The van der Waals surface area contributed by atoms with Crippen molar-refractivity contribution in [2.45, 2.75) is 13.8 Å². The first-order valence-corrected chi connectivity index (χ1v) is 10.4. The van der Waals surface area contributed by atoms with Crippen LogP contribution in [0.15, 0.2) is 64.8 Å². The Bertz CT molecular complexity index is 1240. The summed E-state index contributed by atoms with van der Waals surface area (Å²) in [6, 6.07) is 15.9. The number of hydrogen-bond donors (Lipinski definition) is 0. The van der Waals surface area contributed by atoms with Crippen molar-refractivity contribution in [2.75, 3.05) is 7.11 Å². The number of methoxy groups -OCH3 is 1. The summed E-state index contributed by atoms with van der Waals surface area (Å²) in [6.45, 7) is 3.67. The maximum Gasteiger partial charge on any atom is 0.343 e. The van der Waals surface area contributed by atoms with Gasteiger partial charge in [0, 0.05) is 15.6 Å². The monoisotopic (exact) mass is 478 g/mol. The van der Waals surface area contributed by atoms with Crippen LogP contribution in [0.25, 0.3) is 6.08 Å². The summed E-state index contributed by atoms with van der Waals surface area (Å²) in [5.41, 5.74) is 3.13. The fourth-order valence-corrected chi connectivity index (χ4v) is 3.75. The smallest absolute Gasteiger partial charge is 0.343 e. The van der Waals surface area contributed by atoms with Crippen LogP contribution in [0.4, 0.5) is 0 Å². The summed E-state index contributed by atoms with van der Waals surface area (Å²) in [6.07, 6.45) is 1.64. The van der Waals surface area contributed by atoms with Gasteiger partial charge in [-0.1, -0.05) is 33.6 Å². The molecule has 156 valence electrons. The van der Waals surface area contributed by atoms with Gasteiger partial charge in [0.05, 0.1) is 18.2 Å². The van der Waals surface area contributed by atoms with Gasteiger partial charge in [0.1, 0.15) is 17.2 Å². The number of ether oxygens (including phenoxy) is 3. The Morgan fingerprint density at radius 3 is 2.55 bits per heavy atom. The quantitative estimate of drug-likeness (QED) is 0.265. The van der Waals surface area contributed by atoms with Gasteiger partial charge in [-0.15, -0.1) is 0 Å². The van der Waals surface area contributed by atoms with Crippen molar-refractivity contribution in [2.24, 2.45) is 0 Å². The van der Waals surface area contributed by atoms with Crippen LogP contribution in [0.2, 0.25) is 0 Å². The van der Waals surface area contributed by atoms with Crippen molar-refractivity contribution in [3.05, 3.63) is 92.6 Å². The Morgan fingerprint density at radius 1 is 1.03 bits per heavy atom. The maximum absolute atomic E-state index is 12.9. The van der Waals surface area contributed by atoms with Gasteiger partial charge in [-0.3, -0.25) is 4.79 Å². The lowest BCUT2D eigenvalue weighted by Gasteiger charge is -2.10. The lowest BCUT2D eigenvalue weighted by Crippen LogP contribution is -2.09. The molecule has 0 unspecified atom stereocenters. The normalized spacial score (nSPS) is 13.7. The average molecular weight is 479 g/mol. The molecule has 1 aliphatic rings. The highest BCUT2D eigenvalue weighted by Crippen LogP contribution is 2.40. The summed E-state index contributed by atoms with van der Waals surface area (Å²) in [5.74, 6) is 0.825. The molecule has 0 saturated heterocycles. The molecular weight excluding hydrogens is 460 g/mol. The number of aryl methyl sites for hydroxylation is 1. The third-order valence-electron chi connectivity index (χ3n) is 4.97. The molecule has 1 heterocycles. The molecule has 31 heavy (non-hydrogen) atoms. The van der Waals surface area contributed by atoms with Gasteiger partial charge in [0.25, 0.3) is 0 Å². The topological polar surface area (TPSA) is 61.8 Å². The van der Waals surface area contributed by atoms with E-state index < -0.39 is 5.97 Å². The number of Topliss-reactive ketones (excluding diaryl/α,β-unsaturated/α-hetero) is 1. The second-order valence-electron chi connectivity index (χ2n) is 7.15. The predicted molar refractivity (Wildman–Crippen MR) is 121 cm³/mol. The number of carbonyl (C=O) groups excluding carboxylic acids is 2. The van der Waals surface area contributed by atoms with Crippen molar-refractivity contribution in [1.29, 1.82) is 0 Å². The molecule has 0 bridgehead atoms. The lowest BCUT2D eigenvalue weighted by atomic mass is 10.1. The number of hydrogen-bond acceptors (Lipinski definition) is 5. The molecular formula is C25H19BrO5. The van der Waals surface area contributed by atoms with Gasteiger partial charge in [-0.25, -0.2) is 4.79 Å². The van der Waals surface area contributed by atoms with Crippen LogP contribution in [0, 0.1) is 13.8 Å². The molecule has 3 aromatic rings. The average Bonchev–Trinajstić information content (AvgIpc) is 3.06. The molecule has 1 aliphatic heterocycles. The molecule has 0 N–H and O–H groups in total. The number of halogens is 1. The van der Waals surface area contributed by atoms with Crippen molar-refractivity contribution in [3.8, 4) is 17.2 Å². The first-order valence-electron chi connectivity index (χ1n) is 9.57. The molecule has 3 aromatic carbocycles. The number of allylic oxidation sites excluding steroid dienone is 1. The Labute approximate surface area is 188 Å². The third kappa shape index (κ3) is 4.11. The van der Waals surface area contributed by atoms with Gasteiger partial charge >= 0.3 is 5.97 Å². The third-order valence-corrected chi connectivity index (χ3v) is 5.46. The number of carbonyl (C=O) groups is 2. The van der Waals surface area contributed by atoms with Gasteiger partial charge in [-0.2, -0.15) is 0 Å². The number of ketones is 1. The molecule has 5 nitrogen and oxygen atoms in total. The van der Waals surface area contributed by atoms with Gasteiger partial charge in [-0.05, 0) is 62.4 Å². The van der Waals surface area contributed by atoms with Crippen LogP contribution < -0.4 is 14.2 Å². The highest BCUT2D eigenvalue weighted by Gasteiger charge is 2.31. The first-order chi connectivity index (χ1) is 14.9. The summed E-state index contributed by atoms with van der Waals surface area (Å²) >= 11 is 3.43. The van der Waals surface area contributed by atoms with Crippen LogP contribution in [-0.4, -0.2) is 18.9 Å². The summed E-state index contributed by atoms with van der Waals surface area (Å²) in [4.78, 5) is 25.4. The van der Waals surface area contributed by atoms with E-state index in [2.05, 4.69) is 15.9 Å². The van der Waals surface area contributed by atoms with Gasteiger partial charge < -0.3 is 14.2 Å². The van der Waals surface area contributed by atoms with E-state index in [1.165, 1.54) is 0 Å². The van der Waals surface area contributed by atoms with E-state index in [1.54, 1.807) is 56.5 Å². The SMILES string of the molecule is COc1ccc(Br)cc1/C=C1\Oc2c(ccc(OC(=O)c3cccc(C)c3)c2C)C1=O. The van der Waals surface area contributed by atoms with Crippen LogP contribution in [0.5, 0.6) is 17.2 Å². The zero-order chi connectivity index (χ0) is 22.1. The molecule has 0 fully saturated rings. The van der Waals surface area contributed by atoms with Crippen molar-refractivity contribution in [3.63, 3.8) is 0 Å².